The second kappa shape index (κ2) is 5.35. The van der Waals surface area contributed by atoms with Gasteiger partial charge in [-0.1, -0.05) is 6.92 Å². The molecule has 5 heteroatoms. The van der Waals surface area contributed by atoms with Gasteiger partial charge in [0.15, 0.2) is 0 Å². The van der Waals surface area contributed by atoms with Crippen molar-refractivity contribution in [3.8, 4) is 5.88 Å². The summed E-state index contributed by atoms with van der Waals surface area (Å²) in [4.78, 5) is 18.1. The fourth-order valence-corrected chi connectivity index (χ4v) is 2.19. The maximum Gasteiger partial charge on any atom is 0.259 e. The molecule has 2 atom stereocenters. The average molecular weight is 249 g/mol. The Bertz CT molecular complexity index is 436. The number of amides is 1. The highest BCUT2D eigenvalue weighted by Gasteiger charge is 2.28. The first kappa shape index (κ1) is 12.8. The molecule has 18 heavy (non-hydrogen) atoms. The number of pyridine rings is 1. The predicted octanol–water partition coefficient (Wildman–Crippen LogP) is 0.770. The van der Waals surface area contributed by atoms with E-state index >= 15 is 0 Å². The van der Waals surface area contributed by atoms with Crippen LogP contribution in [-0.2, 0) is 0 Å². The van der Waals surface area contributed by atoms with Crippen molar-refractivity contribution in [1.29, 1.82) is 0 Å². The Hall–Kier alpha value is -1.62. The number of hydrogen-bond acceptors (Lipinski definition) is 4. The molecular weight excluding hydrogens is 230 g/mol. The van der Waals surface area contributed by atoms with Gasteiger partial charge < -0.3 is 15.0 Å². The molecule has 1 N–H and O–H groups in total. The lowest BCUT2D eigenvalue weighted by atomic mass is 10.0. The van der Waals surface area contributed by atoms with Gasteiger partial charge in [0.1, 0.15) is 11.7 Å². The third-order valence-corrected chi connectivity index (χ3v) is 3.21. The summed E-state index contributed by atoms with van der Waals surface area (Å²) >= 11 is 0. The molecule has 0 aromatic carbocycles. The molecule has 0 aliphatic carbocycles. The molecular formula is C13H19N3O2. The number of carbonyl (C=O) groups is 1. The quantitative estimate of drug-likeness (QED) is 0.841. The lowest BCUT2D eigenvalue weighted by Crippen LogP contribution is -2.44. The van der Waals surface area contributed by atoms with E-state index in [1.54, 1.807) is 23.2 Å². The fourth-order valence-electron chi connectivity index (χ4n) is 2.19. The van der Waals surface area contributed by atoms with Gasteiger partial charge >= 0.3 is 0 Å². The number of hydrogen-bond donors (Lipinski definition) is 1. The van der Waals surface area contributed by atoms with Gasteiger partial charge in [0, 0.05) is 32.3 Å². The lowest BCUT2D eigenvalue weighted by molar-refractivity contribution is 0.0624. The largest absolute Gasteiger partial charge is 0.472 e. The van der Waals surface area contributed by atoms with Crippen molar-refractivity contribution in [2.24, 2.45) is 5.92 Å². The van der Waals surface area contributed by atoms with E-state index in [0.29, 0.717) is 18.0 Å². The number of aromatic nitrogens is 1. The zero-order valence-corrected chi connectivity index (χ0v) is 11.0. The number of nitrogens with one attached hydrogen (secondary N) is 1. The van der Waals surface area contributed by atoms with Crippen molar-refractivity contribution in [2.75, 3.05) is 27.2 Å². The predicted molar refractivity (Wildman–Crippen MR) is 68.7 cm³/mol. The summed E-state index contributed by atoms with van der Waals surface area (Å²) < 4.78 is 5.89. The minimum atomic E-state index is -0.0344. The maximum atomic E-state index is 12.2. The van der Waals surface area contributed by atoms with E-state index in [9.17, 15) is 4.79 Å². The molecule has 0 spiro atoms. The van der Waals surface area contributed by atoms with Gasteiger partial charge in [-0.05, 0) is 19.2 Å². The molecule has 98 valence electrons. The van der Waals surface area contributed by atoms with Crippen LogP contribution in [0.5, 0.6) is 5.88 Å². The SMILES string of the molecule is CNC[C@H]1Oc2ncccc2C(=O)N(C)C[C@@H]1C. The molecule has 1 aromatic heterocycles. The minimum absolute atomic E-state index is 0.0131. The Kier molecular flexibility index (Phi) is 3.81. The average Bonchev–Trinajstić information content (AvgIpc) is 2.37. The summed E-state index contributed by atoms with van der Waals surface area (Å²) in [7, 11) is 3.71. The van der Waals surface area contributed by atoms with Crippen molar-refractivity contribution in [3.05, 3.63) is 23.9 Å². The number of ether oxygens (including phenoxy) is 1. The van der Waals surface area contributed by atoms with E-state index in [1.807, 2.05) is 14.1 Å². The van der Waals surface area contributed by atoms with Gasteiger partial charge in [0.25, 0.3) is 5.91 Å². The molecule has 0 radical (unpaired) electrons. The zero-order chi connectivity index (χ0) is 13.1. The van der Waals surface area contributed by atoms with Gasteiger partial charge in [-0.3, -0.25) is 4.79 Å². The third kappa shape index (κ3) is 2.46. The van der Waals surface area contributed by atoms with Crippen LogP contribution in [0.1, 0.15) is 17.3 Å². The normalized spacial score (nSPS) is 23.9. The van der Waals surface area contributed by atoms with Crippen LogP contribution >= 0.6 is 0 Å². The van der Waals surface area contributed by atoms with E-state index in [1.165, 1.54) is 0 Å². The molecule has 0 unspecified atom stereocenters. The van der Waals surface area contributed by atoms with Crippen molar-refractivity contribution < 1.29 is 9.53 Å². The van der Waals surface area contributed by atoms with Crippen LogP contribution in [0.3, 0.4) is 0 Å². The highest BCUT2D eigenvalue weighted by Crippen LogP contribution is 2.23. The molecule has 5 nitrogen and oxygen atoms in total. The Morgan fingerprint density at radius 3 is 3.11 bits per heavy atom. The van der Waals surface area contributed by atoms with Crippen molar-refractivity contribution >= 4 is 5.91 Å². The van der Waals surface area contributed by atoms with E-state index in [0.717, 1.165) is 6.54 Å². The molecule has 2 rings (SSSR count). The molecule has 0 saturated carbocycles. The highest BCUT2D eigenvalue weighted by molar-refractivity contribution is 5.96. The summed E-state index contributed by atoms with van der Waals surface area (Å²) in [5.74, 6) is 0.649. The summed E-state index contributed by atoms with van der Waals surface area (Å²) in [6, 6.07) is 3.51. The van der Waals surface area contributed by atoms with E-state index in [-0.39, 0.29) is 17.9 Å². The van der Waals surface area contributed by atoms with Gasteiger partial charge in [0.2, 0.25) is 5.88 Å². The van der Waals surface area contributed by atoms with Crippen LogP contribution in [0, 0.1) is 5.92 Å². The smallest absolute Gasteiger partial charge is 0.259 e. The van der Waals surface area contributed by atoms with Gasteiger partial charge in [-0.2, -0.15) is 0 Å². The van der Waals surface area contributed by atoms with Crippen molar-refractivity contribution in [3.63, 3.8) is 0 Å². The van der Waals surface area contributed by atoms with Crippen molar-refractivity contribution in [1.82, 2.24) is 15.2 Å². The minimum Gasteiger partial charge on any atom is -0.472 e. The first-order chi connectivity index (χ1) is 8.63. The molecule has 0 saturated heterocycles. The second-order valence-electron chi connectivity index (χ2n) is 4.73. The number of likely N-dealkylation sites (N-methyl/N-ethyl adjacent to an activating group) is 1. The van der Waals surface area contributed by atoms with Crippen LogP contribution in [0.4, 0.5) is 0 Å². The Labute approximate surface area is 107 Å². The van der Waals surface area contributed by atoms with E-state index in [2.05, 4.69) is 17.2 Å². The third-order valence-electron chi connectivity index (χ3n) is 3.21. The summed E-state index contributed by atoms with van der Waals surface area (Å²) in [5.41, 5.74) is 0.535. The Balaban J connectivity index is 2.36. The topological polar surface area (TPSA) is 54.5 Å². The van der Waals surface area contributed by atoms with Gasteiger partial charge in [-0.25, -0.2) is 4.98 Å². The van der Waals surface area contributed by atoms with E-state index in [4.69, 9.17) is 4.74 Å². The Morgan fingerprint density at radius 2 is 2.39 bits per heavy atom. The second-order valence-corrected chi connectivity index (χ2v) is 4.73. The number of fused-ring (bicyclic) bond motifs is 1. The number of rotatable bonds is 2. The summed E-state index contributed by atoms with van der Waals surface area (Å²) in [6.07, 6.45) is 1.66. The van der Waals surface area contributed by atoms with Gasteiger partial charge in [-0.15, -0.1) is 0 Å². The first-order valence-electron chi connectivity index (χ1n) is 6.15. The number of carbonyl (C=O) groups excluding carboxylic acids is 1. The standard InChI is InChI=1S/C13H19N3O2/c1-9-8-16(3)13(17)10-5-4-6-15-12(10)18-11(9)7-14-2/h4-6,9,11,14H,7-8H2,1-3H3/t9-,11+/m0/s1. The van der Waals surface area contributed by atoms with Crippen molar-refractivity contribution in [2.45, 2.75) is 13.0 Å². The molecule has 0 bridgehead atoms. The maximum absolute atomic E-state index is 12.2. The van der Waals surface area contributed by atoms with Crippen LogP contribution in [0.25, 0.3) is 0 Å². The molecule has 0 fully saturated rings. The van der Waals surface area contributed by atoms with Crippen LogP contribution in [-0.4, -0.2) is 49.1 Å². The van der Waals surface area contributed by atoms with E-state index < -0.39 is 0 Å². The fraction of sp³-hybridized carbons (Fsp3) is 0.538. The van der Waals surface area contributed by atoms with Crippen LogP contribution in [0.15, 0.2) is 18.3 Å². The molecule has 1 aliphatic heterocycles. The monoisotopic (exact) mass is 249 g/mol. The van der Waals surface area contributed by atoms with Crippen LogP contribution in [0.2, 0.25) is 0 Å². The Morgan fingerprint density at radius 1 is 1.61 bits per heavy atom. The number of nitrogens with zero attached hydrogens (tertiary/aromatic N) is 2. The summed E-state index contributed by atoms with van der Waals surface area (Å²) in [6.45, 7) is 3.50. The highest BCUT2D eigenvalue weighted by atomic mass is 16.5. The molecule has 1 amide bonds. The lowest BCUT2D eigenvalue weighted by Gasteiger charge is -2.31. The van der Waals surface area contributed by atoms with Crippen LogP contribution < -0.4 is 10.1 Å². The summed E-state index contributed by atoms with van der Waals surface area (Å²) in [5, 5.41) is 3.12. The zero-order valence-electron chi connectivity index (χ0n) is 11.0. The van der Waals surface area contributed by atoms with Gasteiger partial charge in [0.05, 0.1) is 0 Å². The molecule has 1 aromatic rings. The molecule has 2 heterocycles. The molecule has 1 aliphatic rings. The first-order valence-corrected chi connectivity index (χ1v) is 6.15.